The van der Waals surface area contributed by atoms with E-state index < -0.39 is 6.10 Å². The van der Waals surface area contributed by atoms with E-state index in [4.69, 9.17) is 9.84 Å². The predicted octanol–water partition coefficient (Wildman–Crippen LogP) is 3.39. The summed E-state index contributed by atoms with van der Waals surface area (Å²) in [6, 6.07) is 13.3. The quantitative estimate of drug-likeness (QED) is 0.616. The van der Waals surface area contributed by atoms with Crippen LogP contribution in [-0.2, 0) is 17.6 Å². The van der Waals surface area contributed by atoms with Crippen LogP contribution in [0.4, 0.5) is 10.1 Å². The summed E-state index contributed by atoms with van der Waals surface area (Å²) in [6.45, 7) is 0.102. The molecule has 0 bridgehead atoms. The van der Waals surface area contributed by atoms with Gasteiger partial charge in [-0.15, -0.1) is 0 Å². The van der Waals surface area contributed by atoms with E-state index in [1.54, 1.807) is 41.9 Å². The Bertz CT molecular complexity index is 1220. The van der Waals surface area contributed by atoms with Gasteiger partial charge in [-0.1, -0.05) is 12.1 Å². The van der Waals surface area contributed by atoms with Gasteiger partial charge in [0.15, 0.2) is 11.8 Å². The van der Waals surface area contributed by atoms with Crippen molar-refractivity contribution >= 4 is 17.5 Å². The lowest BCUT2D eigenvalue weighted by Crippen LogP contribution is -2.50. The summed E-state index contributed by atoms with van der Waals surface area (Å²) in [4.78, 5) is 29.6. The van der Waals surface area contributed by atoms with E-state index in [-0.39, 0.29) is 24.2 Å². The summed E-state index contributed by atoms with van der Waals surface area (Å²) in [5.74, 6) is -0.302. The van der Waals surface area contributed by atoms with Gasteiger partial charge >= 0.3 is 0 Å². The molecule has 2 aromatic carbocycles. The van der Waals surface area contributed by atoms with E-state index in [0.717, 1.165) is 42.6 Å². The maximum atomic E-state index is 13.9. The number of rotatable bonds is 3. The van der Waals surface area contributed by atoms with Crippen molar-refractivity contribution in [2.45, 2.75) is 31.8 Å². The minimum Gasteiger partial charge on any atom is -0.476 e. The summed E-state index contributed by atoms with van der Waals surface area (Å²) < 4.78 is 21.2. The molecule has 2 aliphatic rings. The number of ether oxygens (including phenoxy) is 1. The zero-order valence-electron chi connectivity index (χ0n) is 18.6. The van der Waals surface area contributed by atoms with Crippen LogP contribution in [0.2, 0.25) is 0 Å². The smallest absolute Gasteiger partial charge is 0.279 e. The number of fused-ring (bicyclic) bond motifs is 2. The number of hydrogen-bond acceptors (Lipinski definition) is 4. The monoisotopic (exact) mass is 448 g/mol. The molecule has 0 fully saturated rings. The third-order valence-electron chi connectivity index (χ3n) is 6.19. The highest BCUT2D eigenvalue weighted by Crippen LogP contribution is 2.36. The Balaban J connectivity index is 1.57. The molecule has 2 amide bonds. The molecule has 1 atom stereocenters. The zero-order valence-corrected chi connectivity index (χ0v) is 18.6. The number of para-hydroxylation sites is 2. The topological polar surface area (TPSA) is 67.7 Å². The second kappa shape index (κ2) is 8.35. The van der Waals surface area contributed by atoms with Crippen LogP contribution < -0.4 is 9.64 Å². The maximum absolute atomic E-state index is 13.9. The number of nitrogens with zero attached hydrogens (tertiary/aromatic N) is 4. The summed E-state index contributed by atoms with van der Waals surface area (Å²) in [6.07, 6.45) is 2.74. The van der Waals surface area contributed by atoms with Crippen molar-refractivity contribution in [3.05, 3.63) is 71.3 Å². The van der Waals surface area contributed by atoms with E-state index in [1.165, 1.54) is 17.0 Å². The molecule has 0 saturated carbocycles. The van der Waals surface area contributed by atoms with Crippen LogP contribution in [0.1, 0.15) is 34.6 Å². The lowest BCUT2D eigenvalue weighted by molar-refractivity contribution is -0.135. The molecular formula is C25H25FN4O3. The van der Waals surface area contributed by atoms with Crippen LogP contribution in [-0.4, -0.2) is 53.2 Å². The van der Waals surface area contributed by atoms with E-state index in [1.807, 2.05) is 18.2 Å². The standard InChI is InChI=1S/C25H25FN4O3/c1-28(2)24(31)22-15-29(20-9-5-6-10-21(20)33-22)25(32)23-18-7-3-4-8-19(18)30(27-23)17-13-11-16(26)12-14-17/h5-6,9-14,22H,3-4,7-8,15H2,1-2H3/t22-/m1/s1. The Hall–Kier alpha value is -3.68. The Morgan fingerprint density at radius 2 is 1.79 bits per heavy atom. The number of likely N-dealkylation sites (N-methyl/N-ethyl adjacent to an activating group) is 1. The fraction of sp³-hybridized carbons (Fsp3) is 0.320. The van der Waals surface area contributed by atoms with Crippen molar-refractivity contribution in [2.75, 3.05) is 25.5 Å². The zero-order chi connectivity index (χ0) is 23.1. The molecule has 3 aromatic rings. The average molecular weight is 448 g/mol. The average Bonchev–Trinajstić information content (AvgIpc) is 3.22. The van der Waals surface area contributed by atoms with E-state index in [9.17, 15) is 14.0 Å². The lowest BCUT2D eigenvalue weighted by atomic mass is 9.95. The molecule has 1 aliphatic carbocycles. The number of carbonyl (C=O) groups is 2. The summed E-state index contributed by atoms with van der Waals surface area (Å²) in [7, 11) is 3.33. The molecule has 0 N–H and O–H groups in total. The molecule has 1 aromatic heterocycles. The number of carbonyl (C=O) groups excluding carboxylic acids is 2. The first-order chi connectivity index (χ1) is 15.9. The number of benzene rings is 2. The van der Waals surface area contributed by atoms with Crippen LogP contribution in [0.5, 0.6) is 5.75 Å². The number of anilines is 1. The SMILES string of the molecule is CN(C)C(=O)[C@H]1CN(C(=O)c2nn(-c3ccc(F)cc3)c3c2CCCC3)c2ccccc2O1. The first kappa shape index (κ1) is 21.2. The Kier molecular flexibility index (Phi) is 5.36. The third kappa shape index (κ3) is 3.75. The fourth-order valence-corrected chi connectivity index (χ4v) is 4.54. The molecule has 1 aliphatic heterocycles. The van der Waals surface area contributed by atoms with Gasteiger partial charge in [0.2, 0.25) is 0 Å². The van der Waals surface area contributed by atoms with Crippen molar-refractivity contribution in [3.63, 3.8) is 0 Å². The van der Waals surface area contributed by atoms with Gasteiger partial charge in [0.25, 0.3) is 11.8 Å². The van der Waals surface area contributed by atoms with Gasteiger partial charge in [0.1, 0.15) is 11.6 Å². The van der Waals surface area contributed by atoms with Crippen molar-refractivity contribution in [3.8, 4) is 11.4 Å². The number of aromatic nitrogens is 2. The van der Waals surface area contributed by atoms with Crippen molar-refractivity contribution < 1.29 is 18.7 Å². The maximum Gasteiger partial charge on any atom is 0.279 e. The minimum absolute atomic E-state index is 0.102. The molecule has 2 heterocycles. The number of hydrogen-bond donors (Lipinski definition) is 0. The van der Waals surface area contributed by atoms with Gasteiger partial charge in [0, 0.05) is 25.4 Å². The second-order valence-corrected chi connectivity index (χ2v) is 8.59. The molecule has 7 nitrogen and oxygen atoms in total. The van der Waals surface area contributed by atoms with Crippen molar-refractivity contribution in [1.82, 2.24) is 14.7 Å². The lowest BCUT2D eigenvalue weighted by Gasteiger charge is -2.35. The summed E-state index contributed by atoms with van der Waals surface area (Å²) >= 11 is 0. The van der Waals surface area contributed by atoms with Crippen LogP contribution in [0.25, 0.3) is 5.69 Å². The normalized spacial score (nSPS) is 17.1. The third-order valence-corrected chi connectivity index (χ3v) is 6.19. The highest BCUT2D eigenvalue weighted by Gasteiger charge is 2.37. The van der Waals surface area contributed by atoms with E-state index in [2.05, 4.69) is 0 Å². The molecule has 0 spiro atoms. The minimum atomic E-state index is -0.797. The Morgan fingerprint density at radius 1 is 1.06 bits per heavy atom. The molecule has 8 heteroatoms. The van der Waals surface area contributed by atoms with Gasteiger partial charge in [-0.2, -0.15) is 5.10 Å². The highest BCUT2D eigenvalue weighted by atomic mass is 19.1. The van der Waals surface area contributed by atoms with E-state index >= 15 is 0 Å². The van der Waals surface area contributed by atoms with Crippen LogP contribution in [0.3, 0.4) is 0 Å². The summed E-state index contributed by atoms with van der Waals surface area (Å²) in [5, 5.41) is 4.71. The fourth-order valence-electron chi connectivity index (χ4n) is 4.54. The Labute approximate surface area is 191 Å². The number of amides is 2. The largest absolute Gasteiger partial charge is 0.476 e. The first-order valence-corrected chi connectivity index (χ1v) is 11.1. The van der Waals surface area contributed by atoms with Gasteiger partial charge in [-0.3, -0.25) is 14.5 Å². The first-order valence-electron chi connectivity index (χ1n) is 11.1. The van der Waals surface area contributed by atoms with Crippen LogP contribution in [0, 0.1) is 5.82 Å². The van der Waals surface area contributed by atoms with E-state index in [0.29, 0.717) is 17.1 Å². The summed E-state index contributed by atoms with van der Waals surface area (Å²) in [5.41, 5.74) is 3.62. The van der Waals surface area contributed by atoms with Crippen LogP contribution >= 0.6 is 0 Å². The molecule has 5 rings (SSSR count). The van der Waals surface area contributed by atoms with Gasteiger partial charge in [-0.05, 0) is 62.1 Å². The Morgan fingerprint density at radius 3 is 2.55 bits per heavy atom. The van der Waals surface area contributed by atoms with Crippen molar-refractivity contribution in [2.24, 2.45) is 0 Å². The number of halogens is 1. The molecule has 170 valence electrons. The van der Waals surface area contributed by atoms with Crippen LogP contribution in [0.15, 0.2) is 48.5 Å². The van der Waals surface area contributed by atoms with Gasteiger partial charge < -0.3 is 9.64 Å². The predicted molar refractivity (Wildman–Crippen MR) is 121 cm³/mol. The molecule has 33 heavy (non-hydrogen) atoms. The second-order valence-electron chi connectivity index (χ2n) is 8.59. The molecular weight excluding hydrogens is 423 g/mol. The molecule has 0 saturated heterocycles. The highest BCUT2D eigenvalue weighted by molar-refractivity contribution is 6.07. The van der Waals surface area contributed by atoms with Gasteiger partial charge in [0.05, 0.1) is 17.9 Å². The molecule has 0 unspecified atom stereocenters. The van der Waals surface area contributed by atoms with Crippen molar-refractivity contribution in [1.29, 1.82) is 0 Å². The van der Waals surface area contributed by atoms with Gasteiger partial charge in [-0.25, -0.2) is 9.07 Å². The molecule has 0 radical (unpaired) electrons.